The van der Waals surface area contributed by atoms with Crippen LogP contribution >= 0.6 is 0 Å². The number of hydrogen-bond acceptors (Lipinski definition) is 10. The number of aliphatic hydroxyl groups is 2. The van der Waals surface area contributed by atoms with Gasteiger partial charge >= 0.3 is 0 Å². The largest absolute Gasteiger partial charge is 0.387 e. The Morgan fingerprint density at radius 3 is 2.44 bits per heavy atom. The number of amides is 1. The number of anilines is 1. The number of carbonyl (C=O) groups is 2. The molecule has 1 saturated heterocycles. The number of nitrogen functional groups attached to an aromatic ring is 1. The summed E-state index contributed by atoms with van der Waals surface area (Å²) >= 11 is 0. The van der Waals surface area contributed by atoms with Gasteiger partial charge in [-0.1, -0.05) is 65.6 Å². The number of aliphatic imine (C=N–C) groups is 1. The summed E-state index contributed by atoms with van der Waals surface area (Å²) in [7, 11) is 0. The molecule has 0 aromatic carbocycles. The minimum Gasteiger partial charge on any atom is -0.387 e. The van der Waals surface area contributed by atoms with Gasteiger partial charge in [0, 0.05) is 24.5 Å². The molecular weight excluding hydrogens is 612 g/mol. The van der Waals surface area contributed by atoms with Crippen LogP contribution in [0, 0.1) is 47.3 Å². The molecule has 1 aliphatic heterocycles. The topological polar surface area (TPSA) is 166 Å². The summed E-state index contributed by atoms with van der Waals surface area (Å²) in [6, 6.07) is 5.20. The van der Waals surface area contributed by atoms with E-state index in [1.807, 2.05) is 55.4 Å². The van der Waals surface area contributed by atoms with Crippen molar-refractivity contribution in [1.82, 2.24) is 4.98 Å². The average Bonchev–Trinajstić information content (AvgIpc) is 3.01. The standard InChI is InChI=1S/C37H58N4O7/c1-12-31-37(11,45)30(24(5)33(22(2)3)39-27(8)42)19-18-29(41-47-20-14-16-28-15-13-17-32(38)40-28)21-46-36(9,10)26(7)23(4)34(43)25(6)35(44)48-31/h13,15,17,22-26,30-31,35,44-45H,12,18-21H2,1-11H3,(H2,38,40)/b39-33?,41-29+/t23-,24-,25-,26-,30-,31-,35?,37+/m1/s1. The van der Waals surface area contributed by atoms with Crippen LogP contribution in [0.4, 0.5) is 5.82 Å². The van der Waals surface area contributed by atoms with Crippen molar-refractivity contribution in [3.8, 4) is 11.8 Å². The van der Waals surface area contributed by atoms with E-state index in [1.54, 1.807) is 32.0 Å². The van der Waals surface area contributed by atoms with Gasteiger partial charge in [-0.3, -0.25) is 9.59 Å². The van der Waals surface area contributed by atoms with Gasteiger partial charge in [0.1, 0.15) is 17.3 Å². The highest BCUT2D eigenvalue weighted by Gasteiger charge is 2.46. The number of Topliss-reactive ketones (excluding diaryl/α,β-unsaturated/α-hetero) is 1. The third-order valence-electron chi connectivity index (χ3n) is 9.87. The van der Waals surface area contributed by atoms with Crippen LogP contribution in [0.15, 0.2) is 28.3 Å². The molecule has 11 heteroatoms. The van der Waals surface area contributed by atoms with Gasteiger partial charge in [0.05, 0.1) is 35.5 Å². The van der Waals surface area contributed by atoms with Crippen molar-refractivity contribution in [1.29, 1.82) is 0 Å². The zero-order chi connectivity index (χ0) is 36.4. The van der Waals surface area contributed by atoms with E-state index in [4.69, 9.17) is 20.0 Å². The Morgan fingerprint density at radius 2 is 1.85 bits per heavy atom. The van der Waals surface area contributed by atoms with Gasteiger partial charge in [-0.15, -0.1) is 0 Å². The summed E-state index contributed by atoms with van der Waals surface area (Å²) < 4.78 is 12.6. The number of aliphatic hydroxyl groups excluding tert-OH is 1. The molecule has 8 atom stereocenters. The number of hydrogen-bond donors (Lipinski definition) is 3. The van der Waals surface area contributed by atoms with Crippen LogP contribution in [0.1, 0.15) is 101 Å². The van der Waals surface area contributed by atoms with Crippen molar-refractivity contribution in [2.75, 3.05) is 18.9 Å². The average molecular weight is 671 g/mol. The number of oxime groups is 1. The maximum atomic E-state index is 13.6. The molecule has 0 aliphatic carbocycles. The van der Waals surface area contributed by atoms with E-state index in [0.717, 1.165) is 0 Å². The fourth-order valence-electron chi connectivity index (χ4n) is 6.44. The van der Waals surface area contributed by atoms with Crippen LogP contribution in [-0.4, -0.2) is 75.1 Å². The molecule has 0 spiro atoms. The first-order valence-corrected chi connectivity index (χ1v) is 17.0. The minimum atomic E-state index is -1.51. The Bertz CT molecular complexity index is 1360. The maximum absolute atomic E-state index is 13.6. The molecule has 1 unspecified atom stereocenters. The Balaban J connectivity index is 2.60. The second-order valence-electron chi connectivity index (χ2n) is 14.1. The summed E-state index contributed by atoms with van der Waals surface area (Å²) in [6.07, 6.45) is -1.13. The Labute approximate surface area is 287 Å². The number of ether oxygens (including phenoxy) is 2. The molecule has 0 radical (unpaired) electrons. The van der Waals surface area contributed by atoms with Crippen molar-refractivity contribution in [2.45, 2.75) is 119 Å². The van der Waals surface area contributed by atoms with Crippen LogP contribution in [0.3, 0.4) is 0 Å². The Kier molecular flexibility index (Phi) is 15.4. The number of pyridine rings is 1. The van der Waals surface area contributed by atoms with E-state index in [2.05, 4.69) is 27.0 Å². The van der Waals surface area contributed by atoms with Crippen LogP contribution in [0.5, 0.6) is 0 Å². The molecule has 2 heterocycles. The van der Waals surface area contributed by atoms with E-state index in [9.17, 15) is 19.8 Å². The fourth-order valence-corrected chi connectivity index (χ4v) is 6.44. The number of ketones is 1. The molecule has 11 nitrogen and oxygen atoms in total. The SMILES string of the molecule is CC[C@H]1OC(O)[C@H](C)C(=O)[C@H](C)[C@@H](C)C(C)(C)OC/C(=N/OCC#Cc2cccc(N)n2)CC[C@H]([C@@H](C)C(=NC(C)=O)C(C)C)[C@]1(C)O. The third kappa shape index (κ3) is 11.2. The number of nitrogens with two attached hydrogens (primary N) is 1. The maximum Gasteiger partial charge on any atom is 0.242 e. The van der Waals surface area contributed by atoms with Gasteiger partial charge < -0.3 is 30.3 Å². The minimum absolute atomic E-state index is 0.00680. The molecule has 4 N–H and O–H groups in total. The first-order chi connectivity index (χ1) is 22.3. The molecule has 268 valence electrons. The molecule has 2 rings (SSSR count). The molecule has 0 bridgehead atoms. The predicted octanol–water partition coefficient (Wildman–Crippen LogP) is 5.21. The molecule has 1 aromatic heterocycles. The molecular formula is C37H58N4O7. The van der Waals surface area contributed by atoms with Crippen molar-refractivity contribution in [3.63, 3.8) is 0 Å². The van der Waals surface area contributed by atoms with Crippen molar-refractivity contribution in [3.05, 3.63) is 23.9 Å². The van der Waals surface area contributed by atoms with Crippen molar-refractivity contribution in [2.24, 2.45) is 45.7 Å². The summed E-state index contributed by atoms with van der Waals surface area (Å²) in [5.74, 6) is 3.23. The van der Waals surface area contributed by atoms with E-state index >= 15 is 0 Å². The predicted molar refractivity (Wildman–Crippen MR) is 188 cm³/mol. The summed E-state index contributed by atoms with van der Waals surface area (Å²) in [6.45, 7) is 20.2. The molecule has 1 amide bonds. The van der Waals surface area contributed by atoms with Gasteiger partial charge in [-0.25, -0.2) is 9.98 Å². The second-order valence-corrected chi connectivity index (χ2v) is 14.1. The van der Waals surface area contributed by atoms with Crippen molar-refractivity contribution < 1.29 is 34.1 Å². The Morgan fingerprint density at radius 1 is 1.19 bits per heavy atom. The first-order valence-electron chi connectivity index (χ1n) is 17.0. The molecule has 1 aromatic rings. The number of rotatable bonds is 6. The van der Waals surface area contributed by atoms with E-state index in [1.165, 1.54) is 6.92 Å². The molecule has 48 heavy (non-hydrogen) atoms. The van der Waals surface area contributed by atoms with Crippen LogP contribution in [0.25, 0.3) is 0 Å². The van der Waals surface area contributed by atoms with Gasteiger partial charge in [0.15, 0.2) is 12.9 Å². The summed E-state index contributed by atoms with van der Waals surface area (Å²) in [5, 5.41) is 27.9. The van der Waals surface area contributed by atoms with Crippen LogP contribution in [-0.2, 0) is 23.9 Å². The second kappa shape index (κ2) is 18.0. The van der Waals surface area contributed by atoms with E-state index in [0.29, 0.717) is 42.2 Å². The lowest BCUT2D eigenvalue weighted by atomic mass is 9.70. The van der Waals surface area contributed by atoms with E-state index < -0.39 is 41.3 Å². The quantitative estimate of drug-likeness (QED) is 0.159. The highest BCUT2D eigenvalue weighted by molar-refractivity contribution is 5.97. The number of aromatic nitrogens is 1. The Hall–Kier alpha value is -3.17. The lowest BCUT2D eigenvalue weighted by Crippen LogP contribution is -2.53. The molecule has 1 fully saturated rings. The van der Waals surface area contributed by atoms with Crippen LogP contribution < -0.4 is 5.73 Å². The van der Waals surface area contributed by atoms with Gasteiger partial charge in [0.2, 0.25) is 5.91 Å². The highest BCUT2D eigenvalue weighted by Crippen LogP contribution is 2.38. The monoisotopic (exact) mass is 670 g/mol. The first kappa shape index (κ1) is 41.0. The highest BCUT2D eigenvalue weighted by atomic mass is 16.6. The molecule has 1 aliphatic rings. The lowest BCUT2D eigenvalue weighted by molar-refractivity contribution is -0.224. The van der Waals surface area contributed by atoms with Crippen LogP contribution in [0.2, 0.25) is 0 Å². The van der Waals surface area contributed by atoms with Gasteiger partial charge in [-0.05, 0) is 75.8 Å². The third-order valence-corrected chi connectivity index (χ3v) is 9.87. The zero-order valence-corrected chi connectivity index (χ0v) is 30.7. The van der Waals surface area contributed by atoms with Gasteiger partial charge in [-0.2, -0.15) is 0 Å². The summed E-state index contributed by atoms with van der Waals surface area (Å²) in [4.78, 5) is 39.9. The zero-order valence-electron chi connectivity index (χ0n) is 30.7. The lowest BCUT2D eigenvalue weighted by Gasteiger charge is -2.43. The smallest absolute Gasteiger partial charge is 0.242 e. The van der Waals surface area contributed by atoms with E-state index in [-0.39, 0.29) is 42.7 Å². The number of carbonyl (C=O) groups excluding carboxylic acids is 2. The fraction of sp³-hybridized carbons (Fsp3) is 0.703. The molecule has 0 saturated carbocycles. The number of nitrogens with zero attached hydrogens (tertiary/aromatic N) is 3. The van der Waals surface area contributed by atoms with Crippen molar-refractivity contribution >= 4 is 28.9 Å². The van der Waals surface area contributed by atoms with Gasteiger partial charge in [0.25, 0.3) is 0 Å². The summed E-state index contributed by atoms with van der Waals surface area (Å²) in [5.41, 5.74) is 5.25. The normalized spacial score (nSPS) is 30.9.